The number of Topliss-reactive ketones (excluding diaryl/α,β-unsaturated/α-hetero) is 1. The molecule has 0 fully saturated rings. The normalized spacial score (nSPS) is 10.4. The number of carbonyl (C=O) groups is 1. The first-order chi connectivity index (χ1) is 9.47. The van der Waals surface area contributed by atoms with E-state index in [4.69, 9.17) is 39.5 Å². The molecule has 0 atom stereocenters. The Morgan fingerprint density at radius 2 is 1.70 bits per heavy atom. The van der Waals surface area contributed by atoms with Crippen molar-refractivity contribution in [3.8, 4) is 5.75 Å². The van der Waals surface area contributed by atoms with Crippen LogP contribution in [0.3, 0.4) is 0 Å². The van der Waals surface area contributed by atoms with Gasteiger partial charge in [0.15, 0.2) is 12.4 Å². The molecule has 0 aliphatic heterocycles. The van der Waals surface area contributed by atoms with Crippen LogP contribution in [0.5, 0.6) is 5.75 Å². The number of ether oxygens (including phenoxy) is 1. The third-order valence-electron chi connectivity index (χ3n) is 2.50. The smallest absolute Gasteiger partial charge is 0.200 e. The fourth-order valence-electron chi connectivity index (χ4n) is 1.48. The van der Waals surface area contributed by atoms with Crippen molar-refractivity contribution in [3.63, 3.8) is 0 Å². The van der Waals surface area contributed by atoms with Crippen LogP contribution in [0.2, 0.25) is 15.1 Å². The zero-order valence-electron chi connectivity index (χ0n) is 10.00. The first-order valence-corrected chi connectivity index (χ1v) is 7.46. The van der Waals surface area contributed by atoms with Gasteiger partial charge in [-0.2, -0.15) is 0 Å². The summed E-state index contributed by atoms with van der Waals surface area (Å²) < 4.78 is 6.07. The SMILES string of the molecule is O=C(COc1cc(Cl)c(Br)cc1Cl)c1ccc(Cl)cc1. The lowest BCUT2D eigenvalue weighted by atomic mass is 10.1. The first kappa shape index (κ1) is 15.6. The number of halogens is 4. The van der Waals surface area contributed by atoms with Crippen molar-refractivity contribution in [1.82, 2.24) is 0 Å². The molecule has 0 saturated heterocycles. The molecule has 20 heavy (non-hydrogen) atoms. The number of carbonyl (C=O) groups excluding carboxylic acids is 1. The molecular formula is C14H8BrCl3O2. The van der Waals surface area contributed by atoms with E-state index in [1.165, 1.54) is 0 Å². The molecule has 0 spiro atoms. The Hall–Kier alpha value is -0.740. The molecule has 2 aromatic rings. The number of rotatable bonds is 4. The van der Waals surface area contributed by atoms with Gasteiger partial charge >= 0.3 is 0 Å². The average molecular weight is 394 g/mol. The molecule has 0 amide bonds. The second-order valence-electron chi connectivity index (χ2n) is 3.92. The predicted octanol–water partition coefficient (Wildman–Crippen LogP) is 5.67. The summed E-state index contributed by atoms with van der Waals surface area (Å²) in [7, 11) is 0. The fourth-order valence-corrected chi connectivity index (χ4v) is 2.45. The molecule has 0 aliphatic carbocycles. The van der Waals surface area contributed by atoms with E-state index < -0.39 is 0 Å². The summed E-state index contributed by atoms with van der Waals surface area (Å²) in [6.07, 6.45) is 0. The number of hydrogen-bond acceptors (Lipinski definition) is 2. The lowest BCUT2D eigenvalue weighted by molar-refractivity contribution is 0.0921. The van der Waals surface area contributed by atoms with Crippen molar-refractivity contribution in [2.24, 2.45) is 0 Å². The highest BCUT2D eigenvalue weighted by atomic mass is 79.9. The second kappa shape index (κ2) is 6.81. The average Bonchev–Trinajstić information content (AvgIpc) is 2.42. The summed E-state index contributed by atoms with van der Waals surface area (Å²) in [4.78, 5) is 11.9. The lowest BCUT2D eigenvalue weighted by Gasteiger charge is -2.09. The first-order valence-electron chi connectivity index (χ1n) is 5.53. The molecule has 0 unspecified atom stereocenters. The summed E-state index contributed by atoms with van der Waals surface area (Å²) in [5, 5.41) is 1.42. The molecule has 0 aromatic heterocycles. The van der Waals surface area contributed by atoms with Gasteiger partial charge in [0.25, 0.3) is 0 Å². The summed E-state index contributed by atoms with van der Waals surface area (Å²) in [5.74, 6) is 0.193. The Morgan fingerprint density at radius 3 is 2.35 bits per heavy atom. The third-order valence-corrected chi connectivity index (χ3v) is 4.24. The van der Waals surface area contributed by atoms with E-state index in [-0.39, 0.29) is 12.4 Å². The third kappa shape index (κ3) is 3.89. The maximum absolute atomic E-state index is 11.9. The topological polar surface area (TPSA) is 26.3 Å². The van der Waals surface area contributed by atoms with Gasteiger partial charge in [-0.05, 0) is 46.3 Å². The molecule has 104 valence electrons. The van der Waals surface area contributed by atoms with Crippen LogP contribution < -0.4 is 4.74 Å². The van der Waals surface area contributed by atoms with E-state index in [1.54, 1.807) is 36.4 Å². The van der Waals surface area contributed by atoms with Gasteiger partial charge in [-0.15, -0.1) is 0 Å². The minimum Gasteiger partial charge on any atom is -0.484 e. The molecule has 0 radical (unpaired) electrons. The highest BCUT2D eigenvalue weighted by Gasteiger charge is 2.10. The molecular weight excluding hydrogens is 386 g/mol. The minimum absolute atomic E-state index is 0.126. The largest absolute Gasteiger partial charge is 0.484 e. The van der Waals surface area contributed by atoms with Crippen LogP contribution in [-0.4, -0.2) is 12.4 Å². The van der Waals surface area contributed by atoms with Gasteiger partial charge in [0.05, 0.1) is 10.0 Å². The van der Waals surface area contributed by atoms with Crippen LogP contribution in [-0.2, 0) is 0 Å². The summed E-state index contributed by atoms with van der Waals surface area (Å²) >= 11 is 21.0. The van der Waals surface area contributed by atoms with Crippen molar-refractivity contribution >= 4 is 56.5 Å². The Balaban J connectivity index is 2.07. The predicted molar refractivity (Wildman–Crippen MR) is 85.4 cm³/mol. The van der Waals surface area contributed by atoms with Crippen molar-refractivity contribution in [2.75, 3.05) is 6.61 Å². The van der Waals surface area contributed by atoms with E-state index in [0.717, 1.165) is 0 Å². The molecule has 0 aliphatic rings. The van der Waals surface area contributed by atoms with Gasteiger partial charge in [-0.1, -0.05) is 34.8 Å². The van der Waals surface area contributed by atoms with Crippen molar-refractivity contribution in [3.05, 3.63) is 61.5 Å². The Kier molecular flexibility index (Phi) is 5.33. The van der Waals surface area contributed by atoms with Crippen LogP contribution >= 0.6 is 50.7 Å². The van der Waals surface area contributed by atoms with Gasteiger partial charge in [-0.25, -0.2) is 0 Å². The van der Waals surface area contributed by atoms with Crippen LogP contribution in [0.1, 0.15) is 10.4 Å². The summed E-state index contributed by atoms with van der Waals surface area (Å²) in [6, 6.07) is 9.76. The quantitative estimate of drug-likeness (QED) is 0.493. The number of ketones is 1. The molecule has 0 bridgehead atoms. The Morgan fingerprint density at radius 1 is 1.05 bits per heavy atom. The molecule has 2 rings (SSSR count). The number of hydrogen-bond donors (Lipinski definition) is 0. The fraction of sp³-hybridized carbons (Fsp3) is 0.0714. The molecule has 2 aromatic carbocycles. The maximum Gasteiger partial charge on any atom is 0.200 e. The van der Waals surface area contributed by atoms with Crippen LogP contribution in [0.15, 0.2) is 40.9 Å². The van der Waals surface area contributed by atoms with E-state index in [1.807, 2.05) is 0 Å². The van der Waals surface area contributed by atoms with Crippen molar-refractivity contribution in [1.29, 1.82) is 0 Å². The summed E-state index contributed by atoms with van der Waals surface area (Å²) in [6.45, 7) is -0.126. The Labute approximate surface area is 139 Å². The zero-order chi connectivity index (χ0) is 14.7. The van der Waals surface area contributed by atoms with E-state index in [9.17, 15) is 4.79 Å². The van der Waals surface area contributed by atoms with Crippen LogP contribution in [0, 0.1) is 0 Å². The maximum atomic E-state index is 11.9. The molecule has 6 heteroatoms. The molecule has 2 nitrogen and oxygen atoms in total. The standard InChI is InChI=1S/C14H8BrCl3O2/c15-10-5-12(18)14(6-11(10)17)20-7-13(19)8-1-3-9(16)4-2-8/h1-6H,7H2. The van der Waals surface area contributed by atoms with Crippen molar-refractivity contribution in [2.45, 2.75) is 0 Å². The highest BCUT2D eigenvalue weighted by molar-refractivity contribution is 9.10. The van der Waals surface area contributed by atoms with E-state index >= 15 is 0 Å². The Bertz CT molecular complexity index is 642. The van der Waals surface area contributed by atoms with Gasteiger partial charge in [0, 0.05) is 21.1 Å². The molecule has 0 saturated carbocycles. The van der Waals surface area contributed by atoms with E-state index in [2.05, 4.69) is 15.9 Å². The van der Waals surface area contributed by atoms with Gasteiger partial charge in [0.2, 0.25) is 0 Å². The molecule has 0 heterocycles. The van der Waals surface area contributed by atoms with Gasteiger partial charge in [0.1, 0.15) is 5.75 Å². The second-order valence-corrected chi connectivity index (χ2v) is 6.02. The molecule has 0 N–H and O–H groups in total. The minimum atomic E-state index is -0.170. The number of benzene rings is 2. The highest BCUT2D eigenvalue weighted by Crippen LogP contribution is 2.34. The van der Waals surface area contributed by atoms with E-state index in [0.29, 0.717) is 30.9 Å². The summed E-state index contributed by atoms with van der Waals surface area (Å²) in [5.41, 5.74) is 0.522. The van der Waals surface area contributed by atoms with Crippen LogP contribution in [0.25, 0.3) is 0 Å². The van der Waals surface area contributed by atoms with Crippen LogP contribution in [0.4, 0.5) is 0 Å². The van der Waals surface area contributed by atoms with Gasteiger partial charge in [-0.3, -0.25) is 4.79 Å². The van der Waals surface area contributed by atoms with Gasteiger partial charge < -0.3 is 4.74 Å². The zero-order valence-corrected chi connectivity index (χ0v) is 13.9. The monoisotopic (exact) mass is 392 g/mol. The van der Waals surface area contributed by atoms with Crippen molar-refractivity contribution < 1.29 is 9.53 Å². The lowest BCUT2D eigenvalue weighted by Crippen LogP contribution is -2.11.